The van der Waals surface area contributed by atoms with E-state index in [1.165, 1.54) is 6.42 Å². The molecule has 1 saturated heterocycles. The lowest BCUT2D eigenvalue weighted by molar-refractivity contribution is -0.148. The molecule has 0 bridgehead atoms. The summed E-state index contributed by atoms with van der Waals surface area (Å²) >= 11 is 0. The van der Waals surface area contributed by atoms with Crippen molar-refractivity contribution in [2.24, 2.45) is 11.3 Å². The maximum atomic E-state index is 11.2. The van der Waals surface area contributed by atoms with Crippen LogP contribution in [0.25, 0.3) is 0 Å². The van der Waals surface area contributed by atoms with Crippen molar-refractivity contribution in [2.45, 2.75) is 26.7 Å². The number of ether oxygens (including phenoxy) is 1. The summed E-state index contributed by atoms with van der Waals surface area (Å²) in [6.07, 6.45) is 2.39. The fourth-order valence-corrected chi connectivity index (χ4v) is 2.57. The molecule has 1 fully saturated rings. The summed E-state index contributed by atoms with van der Waals surface area (Å²) in [5.74, 6) is -0.0944. The van der Waals surface area contributed by atoms with Crippen LogP contribution in [0.2, 0.25) is 0 Å². The van der Waals surface area contributed by atoms with Gasteiger partial charge in [-0.2, -0.15) is 0 Å². The largest absolute Gasteiger partial charge is 0.481 e. The molecule has 0 aromatic carbocycles. The number of carboxylic acids is 1. The van der Waals surface area contributed by atoms with Gasteiger partial charge >= 0.3 is 5.97 Å². The molecule has 0 spiro atoms. The maximum Gasteiger partial charge on any atom is 0.310 e. The second-order valence-corrected chi connectivity index (χ2v) is 6.13. The Hall–Kier alpha value is -0.650. The highest BCUT2D eigenvalue weighted by atomic mass is 16.5. The Morgan fingerprint density at radius 3 is 2.89 bits per heavy atom. The van der Waals surface area contributed by atoms with Crippen molar-refractivity contribution in [3.63, 3.8) is 0 Å². The van der Waals surface area contributed by atoms with Crippen molar-refractivity contribution in [2.75, 3.05) is 46.4 Å². The Morgan fingerprint density at radius 2 is 2.26 bits per heavy atom. The average molecular weight is 272 g/mol. The second kappa shape index (κ2) is 7.82. The van der Waals surface area contributed by atoms with Gasteiger partial charge in [0.25, 0.3) is 0 Å². The number of piperidine rings is 1. The molecule has 1 aliphatic heterocycles. The van der Waals surface area contributed by atoms with Gasteiger partial charge in [-0.1, -0.05) is 0 Å². The molecule has 0 aromatic rings. The first-order valence-corrected chi connectivity index (χ1v) is 7.11. The number of nitrogens with one attached hydrogen (secondary N) is 1. The van der Waals surface area contributed by atoms with Gasteiger partial charge in [0.2, 0.25) is 0 Å². The lowest BCUT2D eigenvalue weighted by atomic mass is 9.90. The van der Waals surface area contributed by atoms with Gasteiger partial charge in [-0.05, 0) is 45.7 Å². The van der Waals surface area contributed by atoms with Crippen LogP contribution < -0.4 is 5.32 Å². The number of carboxylic acid groups (broad SMARTS) is 1. The second-order valence-electron chi connectivity index (χ2n) is 6.13. The number of aliphatic carboxylic acids is 1. The highest BCUT2D eigenvalue weighted by Crippen LogP contribution is 2.22. The van der Waals surface area contributed by atoms with Crippen LogP contribution >= 0.6 is 0 Å². The van der Waals surface area contributed by atoms with Gasteiger partial charge in [-0.3, -0.25) is 4.79 Å². The van der Waals surface area contributed by atoms with Crippen molar-refractivity contribution in [1.82, 2.24) is 10.2 Å². The van der Waals surface area contributed by atoms with Crippen LogP contribution in [0.1, 0.15) is 26.7 Å². The van der Waals surface area contributed by atoms with Crippen molar-refractivity contribution in [1.29, 1.82) is 0 Å². The third-order valence-electron chi connectivity index (χ3n) is 3.72. The molecule has 19 heavy (non-hydrogen) atoms. The molecule has 1 heterocycles. The van der Waals surface area contributed by atoms with Gasteiger partial charge < -0.3 is 20.1 Å². The summed E-state index contributed by atoms with van der Waals surface area (Å²) < 4.78 is 5.01. The van der Waals surface area contributed by atoms with E-state index < -0.39 is 11.4 Å². The van der Waals surface area contributed by atoms with Crippen molar-refractivity contribution >= 4 is 5.97 Å². The highest BCUT2D eigenvalue weighted by molar-refractivity contribution is 5.73. The molecular weight excluding hydrogens is 244 g/mol. The van der Waals surface area contributed by atoms with Crippen LogP contribution in [0.15, 0.2) is 0 Å². The predicted molar refractivity (Wildman–Crippen MR) is 75.3 cm³/mol. The maximum absolute atomic E-state index is 11.2. The molecule has 1 unspecified atom stereocenters. The quantitative estimate of drug-likeness (QED) is 0.647. The van der Waals surface area contributed by atoms with Gasteiger partial charge in [0.05, 0.1) is 12.0 Å². The third-order valence-corrected chi connectivity index (χ3v) is 3.72. The summed E-state index contributed by atoms with van der Waals surface area (Å²) in [6, 6.07) is 0. The molecule has 0 aliphatic carbocycles. The normalized spacial score (nSPS) is 21.5. The van der Waals surface area contributed by atoms with Gasteiger partial charge in [-0.15, -0.1) is 0 Å². The number of likely N-dealkylation sites (tertiary alicyclic amines) is 1. The summed E-state index contributed by atoms with van der Waals surface area (Å²) in [5.41, 5.74) is -0.661. The smallest absolute Gasteiger partial charge is 0.310 e. The van der Waals surface area contributed by atoms with Crippen molar-refractivity contribution in [3.05, 3.63) is 0 Å². The van der Waals surface area contributed by atoms with Crippen LogP contribution in [0.5, 0.6) is 0 Å². The number of methoxy groups -OCH3 is 1. The fourth-order valence-electron chi connectivity index (χ4n) is 2.57. The highest BCUT2D eigenvalue weighted by Gasteiger charge is 2.31. The van der Waals surface area contributed by atoms with Crippen LogP contribution in [0, 0.1) is 11.3 Å². The molecule has 112 valence electrons. The van der Waals surface area contributed by atoms with E-state index in [-0.39, 0.29) is 0 Å². The summed E-state index contributed by atoms with van der Waals surface area (Å²) in [4.78, 5) is 13.5. The minimum absolute atomic E-state index is 0.621. The van der Waals surface area contributed by atoms with E-state index in [1.54, 1.807) is 21.0 Å². The summed E-state index contributed by atoms with van der Waals surface area (Å²) in [5, 5.41) is 12.6. The number of hydrogen-bond donors (Lipinski definition) is 2. The number of hydrogen-bond acceptors (Lipinski definition) is 4. The summed E-state index contributed by atoms with van der Waals surface area (Å²) in [6.45, 7) is 8.87. The van der Waals surface area contributed by atoms with Crippen LogP contribution in [-0.4, -0.2) is 62.4 Å². The molecule has 0 radical (unpaired) electrons. The minimum atomic E-state index is -0.715. The number of rotatable bonds is 8. The SMILES string of the molecule is COCCNCC1CCCN(CC(C)(C)C(=O)O)C1. The Kier molecular flexibility index (Phi) is 6.75. The first-order chi connectivity index (χ1) is 8.95. The Balaban J connectivity index is 2.31. The van der Waals surface area contributed by atoms with E-state index in [1.807, 2.05) is 0 Å². The minimum Gasteiger partial charge on any atom is -0.481 e. The van der Waals surface area contributed by atoms with Crippen LogP contribution in [0.4, 0.5) is 0 Å². The van der Waals surface area contributed by atoms with Gasteiger partial charge in [0.15, 0.2) is 0 Å². The van der Waals surface area contributed by atoms with E-state index in [0.29, 0.717) is 12.5 Å². The molecule has 2 N–H and O–H groups in total. The Bertz CT molecular complexity index is 282. The van der Waals surface area contributed by atoms with Gasteiger partial charge in [0, 0.05) is 26.7 Å². The van der Waals surface area contributed by atoms with Crippen molar-refractivity contribution in [3.8, 4) is 0 Å². The molecule has 1 aliphatic rings. The van der Waals surface area contributed by atoms with E-state index in [9.17, 15) is 9.90 Å². The molecule has 5 heteroatoms. The summed E-state index contributed by atoms with van der Waals surface area (Å²) in [7, 11) is 1.71. The molecule has 5 nitrogen and oxygen atoms in total. The predicted octanol–water partition coefficient (Wildman–Crippen LogP) is 1.05. The van der Waals surface area contributed by atoms with E-state index in [4.69, 9.17) is 4.74 Å². The Labute approximate surface area is 116 Å². The van der Waals surface area contributed by atoms with Gasteiger partial charge in [0.1, 0.15) is 0 Å². The number of carbonyl (C=O) groups is 1. The monoisotopic (exact) mass is 272 g/mol. The van der Waals surface area contributed by atoms with Gasteiger partial charge in [-0.25, -0.2) is 0 Å². The average Bonchev–Trinajstić information content (AvgIpc) is 2.34. The van der Waals surface area contributed by atoms with E-state index in [0.717, 1.165) is 39.2 Å². The standard InChI is InChI=1S/C14H28N2O3/c1-14(2,13(17)18)11-16-7-4-5-12(10-16)9-15-6-8-19-3/h12,15H,4-11H2,1-3H3,(H,17,18). The zero-order valence-corrected chi connectivity index (χ0v) is 12.4. The van der Waals surface area contributed by atoms with Crippen molar-refractivity contribution < 1.29 is 14.6 Å². The first-order valence-electron chi connectivity index (χ1n) is 7.11. The lowest BCUT2D eigenvalue weighted by Crippen LogP contribution is -2.46. The molecule has 0 aromatic heterocycles. The Morgan fingerprint density at radius 1 is 1.53 bits per heavy atom. The van der Waals surface area contributed by atoms with E-state index >= 15 is 0 Å². The van der Waals surface area contributed by atoms with Crippen LogP contribution in [-0.2, 0) is 9.53 Å². The molecule has 1 rings (SSSR count). The van der Waals surface area contributed by atoms with Crippen LogP contribution in [0.3, 0.4) is 0 Å². The first kappa shape index (κ1) is 16.4. The zero-order valence-electron chi connectivity index (χ0n) is 12.4. The molecular formula is C14H28N2O3. The fraction of sp³-hybridized carbons (Fsp3) is 0.929. The van der Waals surface area contributed by atoms with E-state index in [2.05, 4.69) is 10.2 Å². The number of nitrogens with zero attached hydrogens (tertiary/aromatic N) is 1. The topological polar surface area (TPSA) is 61.8 Å². The lowest BCUT2D eigenvalue weighted by Gasteiger charge is -2.36. The molecule has 0 saturated carbocycles. The zero-order chi connectivity index (χ0) is 14.3. The molecule has 0 amide bonds. The third kappa shape index (κ3) is 5.89. The molecule has 1 atom stereocenters.